The molecule has 0 aliphatic carbocycles. The van der Waals surface area contributed by atoms with Gasteiger partial charge in [0.2, 0.25) is 0 Å². The first-order valence-corrected chi connectivity index (χ1v) is 8.23. The largest absolute Gasteiger partial charge is 0.493 e. The van der Waals surface area contributed by atoms with Gasteiger partial charge in [-0.15, -0.1) is 0 Å². The van der Waals surface area contributed by atoms with Crippen LogP contribution in [-0.4, -0.2) is 12.6 Å². The summed E-state index contributed by atoms with van der Waals surface area (Å²) in [6.07, 6.45) is 7.39. The van der Waals surface area contributed by atoms with E-state index in [1.165, 1.54) is 31.2 Å². The Morgan fingerprint density at radius 2 is 2.10 bits per heavy atom. The smallest absolute Gasteiger partial charge is 0.122 e. The maximum Gasteiger partial charge on any atom is 0.122 e. The topological polar surface area (TPSA) is 35.2 Å². The van der Waals surface area contributed by atoms with Gasteiger partial charge in [-0.3, -0.25) is 0 Å². The quantitative estimate of drug-likeness (QED) is 0.796. The molecule has 1 aromatic carbocycles. The molecule has 0 aromatic heterocycles. The van der Waals surface area contributed by atoms with Crippen molar-refractivity contribution in [2.45, 2.75) is 64.3 Å². The lowest BCUT2D eigenvalue weighted by Crippen LogP contribution is -2.34. The molecule has 0 fully saturated rings. The highest BCUT2D eigenvalue weighted by atomic mass is 16.5. The van der Waals surface area contributed by atoms with E-state index >= 15 is 0 Å². The summed E-state index contributed by atoms with van der Waals surface area (Å²) in [4.78, 5) is 0. The fraction of sp³-hybridized carbons (Fsp3) is 0.667. The van der Waals surface area contributed by atoms with Crippen LogP contribution in [-0.2, 0) is 0 Å². The predicted molar refractivity (Wildman–Crippen MR) is 85.2 cm³/mol. The molecule has 3 atom stereocenters. The van der Waals surface area contributed by atoms with Crippen LogP contribution in [0.25, 0.3) is 0 Å². The highest BCUT2D eigenvalue weighted by molar-refractivity contribution is 5.38. The summed E-state index contributed by atoms with van der Waals surface area (Å²) in [7, 11) is 0. The molecule has 2 nitrogen and oxygen atoms in total. The van der Waals surface area contributed by atoms with Crippen LogP contribution >= 0.6 is 0 Å². The van der Waals surface area contributed by atoms with Gasteiger partial charge in [-0.1, -0.05) is 57.7 Å². The maximum absolute atomic E-state index is 6.56. The Bertz CT molecular complexity index is 404. The van der Waals surface area contributed by atoms with Crippen molar-refractivity contribution in [3.8, 4) is 5.75 Å². The summed E-state index contributed by atoms with van der Waals surface area (Å²) in [5.74, 6) is 2.29. The van der Waals surface area contributed by atoms with Crippen molar-refractivity contribution in [1.29, 1.82) is 0 Å². The van der Waals surface area contributed by atoms with Crippen molar-refractivity contribution in [2.75, 3.05) is 6.61 Å². The summed E-state index contributed by atoms with van der Waals surface area (Å²) in [6.45, 7) is 5.37. The Balaban J connectivity index is 2.00. The van der Waals surface area contributed by atoms with Gasteiger partial charge < -0.3 is 10.5 Å². The molecule has 3 unspecified atom stereocenters. The van der Waals surface area contributed by atoms with Crippen molar-refractivity contribution < 1.29 is 4.74 Å². The van der Waals surface area contributed by atoms with Crippen molar-refractivity contribution in [1.82, 2.24) is 0 Å². The molecule has 0 saturated carbocycles. The van der Waals surface area contributed by atoms with Gasteiger partial charge in [-0.25, -0.2) is 0 Å². The lowest BCUT2D eigenvalue weighted by Gasteiger charge is -2.32. The number of rotatable bonds is 7. The van der Waals surface area contributed by atoms with Gasteiger partial charge in [0.15, 0.2) is 0 Å². The molecule has 20 heavy (non-hydrogen) atoms. The van der Waals surface area contributed by atoms with Gasteiger partial charge in [-0.05, 0) is 30.4 Å². The monoisotopic (exact) mass is 275 g/mol. The zero-order chi connectivity index (χ0) is 14.4. The first-order valence-electron chi connectivity index (χ1n) is 8.23. The summed E-state index contributed by atoms with van der Waals surface area (Å²) >= 11 is 0. The van der Waals surface area contributed by atoms with E-state index in [2.05, 4.69) is 32.0 Å². The van der Waals surface area contributed by atoms with Gasteiger partial charge in [0.05, 0.1) is 6.61 Å². The van der Waals surface area contributed by atoms with Gasteiger partial charge in [0.1, 0.15) is 5.75 Å². The lowest BCUT2D eigenvalue weighted by atomic mass is 9.81. The number of para-hydroxylation sites is 1. The minimum Gasteiger partial charge on any atom is -0.493 e. The Hall–Kier alpha value is -1.02. The van der Waals surface area contributed by atoms with E-state index in [9.17, 15) is 0 Å². The minimum atomic E-state index is 0.266. The fourth-order valence-corrected chi connectivity index (χ4v) is 3.34. The molecule has 2 heteroatoms. The number of benzene rings is 1. The number of hydrogen-bond acceptors (Lipinski definition) is 2. The second-order valence-electron chi connectivity index (χ2n) is 6.10. The Labute approximate surface area is 123 Å². The fourth-order valence-electron chi connectivity index (χ4n) is 3.34. The van der Waals surface area contributed by atoms with E-state index in [1.807, 2.05) is 6.07 Å². The van der Waals surface area contributed by atoms with E-state index in [1.54, 1.807) is 0 Å². The van der Waals surface area contributed by atoms with E-state index in [4.69, 9.17) is 10.5 Å². The first-order chi connectivity index (χ1) is 9.76. The normalized spacial score (nSPS) is 20.9. The van der Waals surface area contributed by atoms with Gasteiger partial charge >= 0.3 is 0 Å². The third-order valence-electron chi connectivity index (χ3n) is 4.67. The average molecular weight is 275 g/mol. The predicted octanol–water partition coefficient (Wildman–Crippen LogP) is 4.49. The highest BCUT2D eigenvalue weighted by Gasteiger charge is 2.27. The van der Waals surface area contributed by atoms with Crippen LogP contribution in [0.4, 0.5) is 0 Å². The molecule has 112 valence electrons. The first kappa shape index (κ1) is 15.4. The molecule has 2 N–H and O–H groups in total. The van der Waals surface area contributed by atoms with E-state index < -0.39 is 0 Å². The zero-order valence-corrected chi connectivity index (χ0v) is 13.0. The van der Waals surface area contributed by atoms with Crippen LogP contribution < -0.4 is 10.5 Å². The molecule has 0 saturated heterocycles. The lowest BCUT2D eigenvalue weighted by molar-refractivity contribution is 0.242. The summed E-state index contributed by atoms with van der Waals surface area (Å²) in [6, 6.07) is 8.67. The second-order valence-corrected chi connectivity index (χ2v) is 6.10. The molecular weight excluding hydrogens is 246 g/mol. The third kappa shape index (κ3) is 3.76. The molecule has 1 heterocycles. The van der Waals surface area contributed by atoms with Crippen LogP contribution in [0.5, 0.6) is 5.75 Å². The van der Waals surface area contributed by atoms with Crippen LogP contribution in [0, 0.1) is 5.92 Å². The molecule has 0 radical (unpaired) electrons. The van der Waals surface area contributed by atoms with Crippen LogP contribution in [0.2, 0.25) is 0 Å². The molecule has 0 bridgehead atoms. The third-order valence-corrected chi connectivity index (χ3v) is 4.67. The Kier molecular flexibility index (Phi) is 5.90. The SMILES string of the molecule is CCCCC(CC)CC(N)C1CCOc2ccccc21. The van der Waals surface area contributed by atoms with Crippen molar-refractivity contribution in [3.63, 3.8) is 0 Å². The Morgan fingerprint density at radius 1 is 1.30 bits per heavy atom. The van der Waals surface area contributed by atoms with Crippen molar-refractivity contribution >= 4 is 0 Å². The molecule has 1 aliphatic heterocycles. The zero-order valence-electron chi connectivity index (χ0n) is 13.0. The number of unbranched alkanes of at least 4 members (excludes halogenated alkanes) is 1. The van der Waals surface area contributed by atoms with Crippen LogP contribution in [0.1, 0.15) is 63.9 Å². The van der Waals surface area contributed by atoms with Gasteiger partial charge in [0, 0.05) is 12.0 Å². The molecule has 0 amide bonds. The number of nitrogens with two attached hydrogens (primary N) is 1. The molecule has 0 spiro atoms. The highest BCUT2D eigenvalue weighted by Crippen LogP contribution is 2.37. The minimum absolute atomic E-state index is 0.266. The number of ether oxygens (including phenoxy) is 1. The summed E-state index contributed by atoms with van der Waals surface area (Å²) < 4.78 is 5.74. The number of fused-ring (bicyclic) bond motifs is 1. The summed E-state index contributed by atoms with van der Waals surface area (Å²) in [5.41, 5.74) is 7.87. The molecular formula is C18H29NO. The second kappa shape index (κ2) is 7.68. The van der Waals surface area contributed by atoms with E-state index in [0.717, 1.165) is 31.1 Å². The van der Waals surface area contributed by atoms with Crippen molar-refractivity contribution in [2.24, 2.45) is 11.7 Å². The molecule has 1 aromatic rings. The molecule has 1 aliphatic rings. The Morgan fingerprint density at radius 3 is 2.85 bits per heavy atom. The van der Waals surface area contributed by atoms with E-state index in [-0.39, 0.29) is 6.04 Å². The van der Waals surface area contributed by atoms with Gasteiger partial charge in [0.25, 0.3) is 0 Å². The standard InChI is InChI=1S/C18H29NO/c1-3-5-8-14(4-2)13-17(19)15-11-12-20-18-10-7-6-9-16(15)18/h6-7,9-10,14-15,17H,3-5,8,11-13,19H2,1-2H3. The van der Waals surface area contributed by atoms with Crippen molar-refractivity contribution in [3.05, 3.63) is 29.8 Å². The maximum atomic E-state index is 6.56. The average Bonchev–Trinajstić information content (AvgIpc) is 2.50. The van der Waals surface area contributed by atoms with Gasteiger partial charge in [-0.2, -0.15) is 0 Å². The molecule has 2 rings (SSSR count). The van der Waals surface area contributed by atoms with Crippen LogP contribution in [0.15, 0.2) is 24.3 Å². The van der Waals surface area contributed by atoms with Crippen LogP contribution in [0.3, 0.4) is 0 Å². The van der Waals surface area contributed by atoms with E-state index in [0.29, 0.717) is 5.92 Å². The number of hydrogen-bond donors (Lipinski definition) is 1. The summed E-state index contributed by atoms with van der Waals surface area (Å²) in [5, 5.41) is 0.